The summed E-state index contributed by atoms with van der Waals surface area (Å²) in [6.07, 6.45) is 0. The molecule has 1 aromatic heterocycles. The summed E-state index contributed by atoms with van der Waals surface area (Å²) in [4.78, 5) is 23.2. The number of carbonyl (C=O) groups is 2. The van der Waals surface area contributed by atoms with Gasteiger partial charge in [-0.15, -0.1) is 5.10 Å². The Bertz CT molecular complexity index is 776. The molecule has 0 unspecified atom stereocenters. The van der Waals surface area contributed by atoms with Gasteiger partial charge in [-0.05, 0) is 41.0 Å². The third kappa shape index (κ3) is 4.47. The average Bonchev–Trinajstić information content (AvgIpc) is 2.99. The van der Waals surface area contributed by atoms with Crippen molar-refractivity contribution < 1.29 is 14.3 Å². The number of methoxy groups -OCH3 is 1. The molecule has 134 valence electrons. The summed E-state index contributed by atoms with van der Waals surface area (Å²) < 4.78 is 6.87. The Balaban J connectivity index is 2.36. The van der Waals surface area contributed by atoms with Gasteiger partial charge in [-0.25, -0.2) is 4.79 Å². The van der Waals surface area contributed by atoms with E-state index in [9.17, 15) is 9.59 Å². The lowest BCUT2D eigenvalue weighted by molar-refractivity contribution is -0.120. The summed E-state index contributed by atoms with van der Waals surface area (Å²) >= 11 is 1.15. The molecule has 0 fully saturated rings. The van der Waals surface area contributed by atoms with Crippen LogP contribution in [0.3, 0.4) is 0 Å². The third-order valence-electron chi connectivity index (χ3n) is 3.35. The van der Waals surface area contributed by atoms with Gasteiger partial charge in [-0.3, -0.25) is 10.1 Å². The van der Waals surface area contributed by atoms with Crippen molar-refractivity contribution >= 4 is 23.7 Å². The molecule has 1 heterocycles. The Morgan fingerprint density at radius 3 is 2.68 bits per heavy atom. The molecule has 3 N–H and O–H groups in total. The van der Waals surface area contributed by atoms with Crippen LogP contribution in [0.25, 0.3) is 5.69 Å². The number of aryl methyl sites for hydroxylation is 1. The summed E-state index contributed by atoms with van der Waals surface area (Å²) in [5.41, 5.74) is 6.71. The summed E-state index contributed by atoms with van der Waals surface area (Å²) in [5.74, 6) is 0.0367. The van der Waals surface area contributed by atoms with Crippen LogP contribution < -0.4 is 15.8 Å². The fourth-order valence-corrected chi connectivity index (χ4v) is 3.15. The van der Waals surface area contributed by atoms with Crippen LogP contribution in [0, 0.1) is 12.8 Å². The summed E-state index contributed by atoms with van der Waals surface area (Å²) in [6, 6.07) is 4.72. The lowest BCUT2D eigenvalue weighted by Gasteiger charge is -2.18. The number of nitrogens with one attached hydrogen (secondary N) is 1. The number of imide groups is 1. The summed E-state index contributed by atoms with van der Waals surface area (Å²) in [6.45, 7) is 5.66. The van der Waals surface area contributed by atoms with Gasteiger partial charge < -0.3 is 10.5 Å². The number of primary amides is 1. The van der Waals surface area contributed by atoms with E-state index in [1.165, 1.54) is 4.68 Å². The zero-order valence-electron chi connectivity index (χ0n) is 14.4. The molecular formula is C15H20N6O3S. The molecule has 9 nitrogen and oxygen atoms in total. The van der Waals surface area contributed by atoms with E-state index in [4.69, 9.17) is 10.5 Å². The second-order valence-corrected chi connectivity index (χ2v) is 6.79. The van der Waals surface area contributed by atoms with Gasteiger partial charge >= 0.3 is 6.03 Å². The van der Waals surface area contributed by atoms with Gasteiger partial charge in [0.15, 0.2) is 0 Å². The molecule has 2 aromatic rings. The van der Waals surface area contributed by atoms with E-state index in [0.717, 1.165) is 17.3 Å². The minimum atomic E-state index is -0.892. The zero-order valence-corrected chi connectivity index (χ0v) is 15.2. The highest BCUT2D eigenvalue weighted by Crippen LogP contribution is 2.31. The number of ether oxygens (including phenoxy) is 1. The number of urea groups is 1. The number of hydrogen-bond acceptors (Lipinski definition) is 7. The second-order valence-electron chi connectivity index (χ2n) is 5.68. The molecule has 0 aliphatic rings. The zero-order chi connectivity index (χ0) is 18.6. The van der Waals surface area contributed by atoms with Crippen molar-refractivity contribution in [1.82, 2.24) is 25.5 Å². The molecule has 10 heteroatoms. The Kier molecular flexibility index (Phi) is 5.97. The molecule has 1 aromatic carbocycles. The Morgan fingerprint density at radius 2 is 2.08 bits per heavy atom. The van der Waals surface area contributed by atoms with Crippen LogP contribution in [-0.2, 0) is 4.79 Å². The van der Waals surface area contributed by atoms with Crippen LogP contribution in [0.15, 0.2) is 23.4 Å². The smallest absolute Gasteiger partial charge is 0.318 e. The first-order valence-corrected chi connectivity index (χ1v) is 8.41. The predicted octanol–water partition coefficient (Wildman–Crippen LogP) is 1.29. The van der Waals surface area contributed by atoms with Crippen molar-refractivity contribution in [2.45, 2.75) is 31.2 Å². The van der Waals surface area contributed by atoms with Gasteiger partial charge in [0, 0.05) is 0 Å². The molecule has 0 saturated heterocycles. The normalized spacial score (nSPS) is 12.0. The maximum absolute atomic E-state index is 12.2. The second kappa shape index (κ2) is 7.97. The molecule has 2 rings (SSSR count). The lowest BCUT2D eigenvalue weighted by Crippen LogP contribution is -2.42. The van der Waals surface area contributed by atoms with E-state index in [1.54, 1.807) is 7.11 Å². The van der Waals surface area contributed by atoms with Gasteiger partial charge in [0.25, 0.3) is 0 Å². The van der Waals surface area contributed by atoms with Crippen molar-refractivity contribution in [2.75, 3.05) is 7.11 Å². The first-order valence-electron chi connectivity index (χ1n) is 7.53. The number of hydrogen-bond donors (Lipinski definition) is 2. The molecule has 25 heavy (non-hydrogen) atoms. The molecule has 0 spiro atoms. The topological polar surface area (TPSA) is 125 Å². The molecule has 0 aliphatic carbocycles. The van der Waals surface area contributed by atoms with Crippen molar-refractivity contribution in [2.24, 2.45) is 11.7 Å². The van der Waals surface area contributed by atoms with E-state index in [1.807, 2.05) is 39.0 Å². The van der Waals surface area contributed by atoms with Crippen molar-refractivity contribution in [3.63, 3.8) is 0 Å². The van der Waals surface area contributed by atoms with E-state index in [0.29, 0.717) is 16.6 Å². The van der Waals surface area contributed by atoms with E-state index in [2.05, 4.69) is 20.8 Å². The highest BCUT2D eigenvalue weighted by molar-refractivity contribution is 8.00. The third-order valence-corrected chi connectivity index (χ3v) is 4.82. The number of nitrogens with two attached hydrogens (primary N) is 1. The highest BCUT2D eigenvalue weighted by atomic mass is 32.2. The van der Waals surface area contributed by atoms with Gasteiger partial charge in [0.1, 0.15) is 11.4 Å². The van der Waals surface area contributed by atoms with Gasteiger partial charge in [0.2, 0.25) is 11.1 Å². The Hall–Kier alpha value is -2.62. The number of nitrogens with zero attached hydrogens (tertiary/aromatic N) is 4. The van der Waals surface area contributed by atoms with Crippen LogP contribution in [0.5, 0.6) is 5.75 Å². The number of rotatable bonds is 6. The van der Waals surface area contributed by atoms with Crippen molar-refractivity contribution in [1.29, 1.82) is 0 Å². The van der Waals surface area contributed by atoms with Gasteiger partial charge in [-0.1, -0.05) is 31.7 Å². The largest absolute Gasteiger partial charge is 0.494 e. The average molecular weight is 364 g/mol. The Morgan fingerprint density at radius 1 is 1.36 bits per heavy atom. The first kappa shape index (κ1) is 18.7. The minimum Gasteiger partial charge on any atom is -0.494 e. The fraction of sp³-hybridized carbons (Fsp3) is 0.400. The number of thioether (sulfide) groups is 1. The number of carbonyl (C=O) groups excluding carboxylic acids is 2. The number of aromatic nitrogens is 4. The molecule has 3 amide bonds. The molecule has 0 radical (unpaired) electrons. The molecule has 1 atom stereocenters. The van der Waals surface area contributed by atoms with Crippen LogP contribution in [-0.4, -0.2) is 44.5 Å². The number of benzene rings is 1. The van der Waals surface area contributed by atoms with Crippen LogP contribution in [0.2, 0.25) is 0 Å². The van der Waals surface area contributed by atoms with Gasteiger partial charge in [-0.2, -0.15) is 4.68 Å². The van der Waals surface area contributed by atoms with Crippen molar-refractivity contribution in [3.8, 4) is 11.4 Å². The molecular weight excluding hydrogens is 344 g/mol. The van der Waals surface area contributed by atoms with Crippen LogP contribution in [0.1, 0.15) is 19.4 Å². The summed E-state index contributed by atoms with van der Waals surface area (Å²) in [7, 11) is 1.56. The van der Waals surface area contributed by atoms with Crippen LogP contribution in [0.4, 0.5) is 4.79 Å². The fourth-order valence-electron chi connectivity index (χ4n) is 2.17. The Labute approximate surface area is 149 Å². The van der Waals surface area contributed by atoms with E-state index >= 15 is 0 Å². The monoisotopic (exact) mass is 364 g/mol. The van der Waals surface area contributed by atoms with E-state index in [-0.39, 0.29) is 5.92 Å². The lowest BCUT2D eigenvalue weighted by atomic mass is 10.1. The van der Waals surface area contributed by atoms with E-state index < -0.39 is 17.2 Å². The first-order chi connectivity index (χ1) is 11.8. The minimum absolute atomic E-state index is 0.0751. The SMILES string of the molecule is COc1ccc(C)cc1-n1nnnc1S[C@@H](C(=O)NC(N)=O)C(C)C. The number of tetrazole rings is 1. The maximum Gasteiger partial charge on any atom is 0.318 e. The quantitative estimate of drug-likeness (QED) is 0.740. The standard InChI is InChI=1S/C15H20N6O3S/c1-8(2)12(13(22)17-14(16)23)25-15-18-19-20-21(15)10-7-9(3)5-6-11(10)24-4/h5-8,12H,1-4H3,(H3,16,17,22,23)/t12-/m1/s1. The molecule has 0 bridgehead atoms. The number of amides is 3. The molecule has 0 saturated carbocycles. The van der Waals surface area contributed by atoms with Gasteiger partial charge in [0.05, 0.1) is 12.4 Å². The molecule has 0 aliphatic heterocycles. The summed E-state index contributed by atoms with van der Waals surface area (Å²) in [5, 5.41) is 13.6. The maximum atomic E-state index is 12.2. The van der Waals surface area contributed by atoms with Crippen molar-refractivity contribution in [3.05, 3.63) is 23.8 Å². The predicted molar refractivity (Wildman–Crippen MR) is 92.7 cm³/mol. The van der Waals surface area contributed by atoms with Crippen LogP contribution >= 0.6 is 11.8 Å². The highest BCUT2D eigenvalue weighted by Gasteiger charge is 2.27.